The molecule has 0 spiro atoms. The van der Waals surface area contributed by atoms with Gasteiger partial charge in [-0.2, -0.15) is 0 Å². The third-order valence-electron chi connectivity index (χ3n) is 3.55. The average Bonchev–Trinajstić information content (AvgIpc) is 2.88. The summed E-state index contributed by atoms with van der Waals surface area (Å²) in [5.74, 6) is -0.0348. The normalized spacial score (nSPS) is 17.6. The van der Waals surface area contributed by atoms with Crippen LogP contribution in [-0.4, -0.2) is 65.9 Å². The van der Waals surface area contributed by atoms with Gasteiger partial charge in [0.25, 0.3) is 0 Å². The van der Waals surface area contributed by atoms with Crippen LogP contribution in [0.2, 0.25) is 0 Å². The van der Waals surface area contributed by atoms with Crippen molar-refractivity contribution in [3.8, 4) is 0 Å². The minimum absolute atomic E-state index is 0.0348. The standard InChI is InChI=1S/C15H21N3O4/c19-8-6-17(7-9-20)15(22)16-12-10-14(21)18(11-12)13-4-2-1-3-5-13/h1-5,12,19-20H,6-11H2,(H,16,22)/t12-/m0/s1. The molecule has 0 bridgehead atoms. The number of carbonyl (C=O) groups is 2. The van der Waals surface area contributed by atoms with Crippen LogP contribution in [0.25, 0.3) is 0 Å². The minimum Gasteiger partial charge on any atom is -0.395 e. The van der Waals surface area contributed by atoms with E-state index < -0.39 is 0 Å². The van der Waals surface area contributed by atoms with Crippen LogP contribution < -0.4 is 10.2 Å². The maximum Gasteiger partial charge on any atom is 0.317 e. The van der Waals surface area contributed by atoms with E-state index >= 15 is 0 Å². The Balaban J connectivity index is 1.94. The molecule has 0 radical (unpaired) electrons. The zero-order valence-corrected chi connectivity index (χ0v) is 12.3. The first kappa shape index (κ1) is 16.3. The molecule has 7 nitrogen and oxygen atoms in total. The number of rotatable bonds is 6. The summed E-state index contributed by atoms with van der Waals surface area (Å²) in [6, 6.07) is 8.65. The minimum atomic E-state index is -0.379. The number of benzene rings is 1. The van der Waals surface area contributed by atoms with Crippen molar-refractivity contribution in [3.63, 3.8) is 0 Å². The van der Waals surface area contributed by atoms with Gasteiger partial charge in [0.05, 0.1) is 19.3 Å². The molecule has 1 saturated heterocycles. The van der Waals surface area contributed by atoms with Gasteiger partial charge in [-0.05, 0) is 12.1 Å². The van der Waals surface area contributed by atoms with Crippen molar-refractivity contribution >= 4 is 17.6 Å². The molecule has 1 atom stereocenters. The molecule has 7 heteroatoms. The summed E-state index contributed by atoms with van der Waals surface area (Å²) in [7, 11) is 0. The van der Waals surface area contributed by atoms with Crippen LogP contribution in [0.3, 0.4) is 0 Å². The van der Waals surface area contributed by atoms with Crippen molar-refractivity contribution in [2.24, 2.45) is 0 Å². The number of amides is 3. The third-order valence-corrected chi connectivity index (χ3v) is 3.55. The molecule has 22 heavy (non-hydrogen) atoms. The van der Waals surface area contributed by atoms with Gasteiger partial charge in [0, 0.05) is 31.7 Å². The highest BCUT2D eigenvalue weighted by Crippen LogP contribution is 2.21. The van der Waals surface area contributed by atoms with Crippen molar-refractivity contribution in [2.75, 3.05) is 37.7 Å². The Labute approximate surface area is 129 Å². The van der Waals surface area contributed by atoms with Crippen molar-refractivity contribution < 1.29 is 19.8 Å². The van der Waals surface area contributed by atoms with Crippen molar-refractivity contribution in [2.45, 2.75) is 12.5 Å². The number of para-hydroxylation sites is 1. The van der Waals surface area contributed by atoms with Gasteiger partial charge in [0.1, 0.15) is 0 Å². The van der Waals surface area contributed by atoms with E-state index in [1.807, 2.05) is 30.3 Å². The number of nitrogens with zero attached hydrogens (tertiary/aromatic N) is 2. The molecule has 1 aliphatic rings. The molecule has 1 heterocycles. The SMILES string of the molecule is O=C(N[C@H]1CC(=O)N(c2ccccc2)C1)N(CCO)CCO. The van der Waals surface area contributed by atoms with Crippen molar-refractivity contribution in [1.29, 1.82) is 0 Å². The Morgan fingerprint density at radius 3 is 2.45 bits per heavy atom. The van der Waals surface area contributed by atoms with Gasteiger partial charge in [-0.25, -0.2) is 4.79 Å². The molecule has 3 amide bonds. The Morgan fingerprint density at radius 2 is 1.86 bits per heavy atom. The fourth-order valence-corrected chi connectivity index (χ4v) is 2.48. The molecule has 1 aromatic carbocycles. The Hall–Kier alpha value is -2.12. The van der Waals surface area contributed by atoms with Crippen LogP contribution >= 0.6 is 0 Å². The van der Waals surface area contributed by atoms with Gasteiger partial charge in [-0.1, -0.05) is 18.2 Å². The van der Waals surface area contributed by atoms with Gasteiger partial charge in [0.2, 0.25) is 5.91 Å². The summed E-state index contributed by atoms with van der Waals surface area (Å²) >= 11 is 0. The fourth-order valence-electron chi connectivity index (χ4n) is 2.48. The second-order valence-corrected chi connectivity index (χ2v) is 5.12. The molecule has 1 aromatic rings. The Morgan fingerprint density at radius 1 is 1.23 bits per heavy atom. The number of hydrogen-bond donors (Lipinski definition) is 3. The Kier molecular flexibility index (Phi) is 5.74. The lowest BCUT2D eigenvalue weighted by molar-refractivity contribution is -0.117. The smallest absolute Gasteiger partial charge is 0.317 e. The molecule has 1 fully saturated rings. The van der Waals surface area contributed by atoms with Crippen LogP contribution in [0.1, 0.15) is 6.42 Å². The number of hydrogen-bond acceptors (Lipinski definition) is 4. The molecule has 1 aliphatic heterocycles. The lowest BCUT2D eigenvalue weighted by atomic mass is 10.2. The summed E-state index contributed by atoms with van der Waals surface area (Å²) in [4.78, 5) is 27.1. The zero-order valence-electron chi connectivity index (χ0n) is 12.3. The van der Waals surface area contributed by atoms with Crippen LogP contribution in [0, 0.1) is 0 Å². The molecular weight excluding hydrogens is 286 g/mol. The predicted molar refractivity (Wildman–Crippen MR) is 81.5 cm³/mol. The molecule has 3 N–H and O–H groups in total. The summed E-state index contributed by atoms with van der Waals surface area (Å²) < 4.78 is 0. The number of anilines is 1. The van der Waals surface area contributed by atoms with Crippen molar-refractivity contribution in [1.82, 2.24) is 10.2 Å². The van der Waals surface area contributed by atoms with E-state index in [0.29, 0.717) is 6.54 Å². The monoisotopic (exact) mass is 307 g/mol. The summed E-state index contributed by atoms with van der Waals surface area (Å²) in [6.07, 6.45) is 0.243. The molecule has 0 unspecified atom stereocenters. The van der Waals surface area contributed by atoms with Gasteiger partial charge in [-0.15, -0.1) is 0 Å². The van der Waals surface area contributed by atoms with Crippen LogP contribution in [0.4, 0.5) is 10.5 Å². The highest BCUT2D eigenvalue weighted by atomic mass is 16.3. The van der Waals surface area contributed by atoms with Crippen LogP contribution in [0.5, 0.6) is 0 Å². The second-order valence-electron chi connectivity index (χ2n) is 5.12. The first-order chi connectivity index (χ1) is 10.7. The predicted octanol–water partition coefficient (Wildman–Crippen LogP) is -0.212. The maximum absolute atomic E-state index is 12.1. The van der Waals surface area contributed by atoms with Gasteiger partial charge < -0.3 is 25.3 Å². The van der Waals surface area contributed by atoms with Gasteiger partial charge in [0.15, 0.2) is 0 Å². The number of aliphatic hydroxyl groups is 2. The maximum atomic E-state index is 12.1. The van der Waals surface area contributed by atoms with Crippen LogP contribution in [0.15, 0.2) is 30.3 Å². The van der Waals surface area contributed by atoms with Crippen LogP contribution in [-0.2, 0) is 4.79 Å². The van der Waals surface area contributed by atoms with E-state index in [9.17, 15) is 9.59 Å². The number of nitrogens with one attached hydrogen (secondary N) is 1. The van der Waals surface area contributed by atoms with E-state index in [0.717, 1.165) is 5.69 Å². The first-order valence-corrected chi connectivity index (χ1v) is 7.28. The molecule has 2 rings (SSSR count). The highest BCUT2D eigenvalue weighted by molar-refractivity contribution is 5.96. The van der Waals surface area contributed by atoms with E-state index in [4.69, 9.17) is 10.2 Å². The molecule has 0 saturated carbocycles. The molecule has 120 valence electrons. The van der Waals surface area contributed by atoms with Gasteiger partial charge >= 0.3 is 6.03 Å². The van der Waals surface area contributed by atoms with Crippen molar-refractivity contribution in [3.05, 3.63) is 30.3 Å². The van der Waals surface area contributed by atoms with E-state index in [1.54, 1.807) is 4.90 Å². The second kappa shape index (κ2) is 7.77. The third kappa shape index (κ3) is 3.96. The highest BCUT2D eigenvalue weighted by Gasteiger charge is 2.32. The fraction of sp³-hybridized carbons (Fsp3) is 0.467. The summed E-state index contributed by atoms with van der Waals surface area (Å²) in [5, 5.41) is 20.7. The number of aliphatic hydroxyl groups excluding tert-OH is 2. The average molecular weight is 307 g/mol. The van der Waals surface area contributed by atoms with E-state index in [2.05, 4.69) is 5.32 Å². The lowest BCUT2D eigenvalue weighted by Crippen LogP contribution is -2.47. The molecular formula is C15H21N3O4. The largest absolute Gasteiger partial charge is 0.395 e. The number of urea groups is 1. The summed E-state index contributed by atoms with van der Waals surface area (Å²) in [6.45, 7) is 0.367. The molecule has 0 aliphatic carbocycles. The van der Waals surface area contributed by atoms with Gasteiger partial charge in [-0.3, -0.25) is 4.79 Å². The number of carbonyl (C=O) groups excluding carboxylic acids is 2. The Bertz CT molecular complexity index is 503. The topological polar surface area (TPSA) is 93.1 Å². The quantitative estimate of drug-likeness (QED) is 0.678. The first-order valence-electron chi connectivity index (χ1n) is 7.28. The van der Waals surface area contributed by atoms with E-state index in [-0.39, 0.29) is 50.7 Å². The summed E-state index contributed by atoms with van der Waals surface area (Å²) in [5.41, 5.74) is 0.812. The zero-order chi connectivity index (χ0) is 15.9. The lowest BCUT2D eigenvalue weighted by Gasteiger charge is -2.23. The van der Waals surface area contributed by atoms with E-state index in [1.165, 1.54) is 4.90 Å². The molecule has 0 aromatic heterocycles.